The molecule has 0 N–H and O–H groups in total. The molecular formula is C14H14O3. The first-order chi connectivity index (χ1) is 8.24. The van der Waals surface area contributed by atoms with Crippen molar-refractivity contribution < 1.29 is 14.3 Å². The van der Waals surface area contributed by atoms with Gasteiger partial charge >= 0.3 is 5.97 Å². The highest BCUT2D eigenvalue weighted by molar-refractivity contribution is 5.96. The van der Waals surface area contributed by atoms with E-state index in [-0.39, 0.29) is 5.78 Å². The topological polar surface area (TPSA) is 43.4 Å². The summed E-state index contributed by atoms with van der Waals surface area (Å²) in [6.45, 7) is 2.04. The molecule has 1 aromatic carbocycles. The monoisotopic (exact) mass is 230 g/mol. The van der Waals surface area contributed by atoms with E-state index in [2.05, 4.69) is 16.6 Å². The number of carbonyl (C=O) groups excluding carboxylic acids is 2. The number of benzene rings is 1. The molecule has 0 bridgehead atoms. The van der Waals surface area contributed by atoms with E-state index in [0.29, 0.717) is 25.0 Å². The maximum Gasteiger partial charge on any atom is 0.384 e. The minimum Gasteiger partial charge on any atom is -0.456 e. The lowest BCUT2D eigenvalue weighted by atomic mass is 10.1. The van der Waals surface area contributed by atoms with Gasteiger partial charge in [0.2, 0.25) is 0 Å². The molecule has 0 aliphatic heterocycles. The second-order valence-electron chi connectivity index (χ2n) is 3.31. The molecule has 88 valence electrons. The van der Waals surface area contributed by atoms with E-state index < -0.39 is 5.97 Å². The fourth-order valence-electron chi connectivity index (χ4n) is 1.25. The lowest BCUT2D eigenvalue weighted by Crippen LogP contribution is -2.00. The smallest absolute Gasteiger partial charge is 0.384 e. The van der Waals surface area contributed by atoms with Crippen molar-refractivity contribution in [3.8, 4) is 11.8 Å². The normalized spacial score (nSPS) is 9.00. The third-order valence-electron chi connectivity index (χ3n) is 2.04. The van der Waals surface area contributed by atoms with Gasteiger partial charge in [0.25, 0.3) is 0 Å². The van der Waals surface area contributed by atoms with Crippen LogP contribution >= 0.6 is 0 Å². The van der Waals surface area contributed by atoms with Crippen LogP contribution in [0.1, 0.15) is 30.1 Å². The summed E-state index contributed by atoms with van der Waals surface area (Å²) in [6, 6.07) is 9.02. The first-order valence-corrected chi connectivity index (χ1v) is 5.48. The van der Waals surface area contributed by atoms with Crippen molar-refractivity contribution in [3.05, 3.63) is 35.9 Å². The molecule has 0 radical (unpaired) electrons. The summed E-state index contributed by atoms with van der Waals surface area (Å²) >= 11 is 0. The van der Waals surface area contributed by atoms with Crippen LogP contribution in [0.5, 0.6) is 0 Å². The first-order valence-electron chi connectivity index (χ1n) is 5.48. The van der Waals surface area contributed by atoms with Gasteiger partial charge in [-0.2, -0.15) is 0 Å². The zero-order valence-corrected chi connectivity index (χ0v) is 9.73. The Morgan fingerprint density at radius 2 is 1.94 bits per heavy atom. The summed E-state index contributed by atoms with van der Waals surface area (Å²) in [7, 11) is 0. The molecule has 0 amide bonds. The van der Waals surface area contributed by atoms with Gasteiger partial charge in [-0.3, -0.25) is 4.79 Å². The maximum absolute atomic E-state index is 11.6. The molecule has 17 heavy (non-hydrogen) atoms. The second kappa shape index (κ2) is 7.24. The summed E-state index contributed by atoms with van der Waals surface area (Å²) in [5.74, 6) is 4.44. The minimum atomic E-state index is -0.542. The van der Waals surface area contributed by atoms with Crippen LogP contribution in [0, 0.1) is 11.8 Å². The predicted molar refractivity (Wildman–Crippen MR) is 64.4 cm³/mol. The van der Waals surface area contributed by atoms with Crippen molar-refractivity contribution in [3.63, 3.8) is 0 Å². The van der Waals surface area contributed by atoms with Gasteiger partial charge in [0, 0.05) is 24.3 Å². The number of hydrogen-bond acceptors (Lipinski definition) is 3. The molecule has 0 aliphatic rings. The molecule has 0 spiro atoms. The van der Waals surface area contributed by atoms with E-state index in [1.165, 1.54) is 0 Å². The van der Waals surface area contributed by atoms with Crippen LogP contribution in [0.3, 0.4) is 0 Å². The molecule has 0 saturated heterocycles. The lowest BCUT2D eigenvalue weighted by Gasteiger charge is -1.96. The molecule has 0 saturated carbocycles. The lowest BCUT2D eigenvalue weighted by molar-refractivity contribution is -0.136. The fraction of sp³-hybridized carbons (Fsp3) is 0.286. The number of carbonyl (C=O) groups is 2. The van der Waals surface area contributed by atoms with Gasteiger partial charge in [-0.1, -0.05) is 36.3 Å². The van der Waals surface area contributed by atoms with Gasteiger partial charge in [-0.15, -0.1) is 0 Å². The molecule has 3 nitrogen and oxygen atoms in total. The molecule has 1 rings (SSSR count). The van der Waals surface area contributed by atoms with E-state index >= 15 is 0 Å². The van der Waals surface area contributed by atoms with E-state index in [4.69, 9.17) is 0 Å². The van der Waals surface area contributed by atoms with Gasteiger partial charge in [0.1, 0.15) is 0 Å². The molecule has 0 aromatic heterocycles. The summed E-state index contributed by atoms with van der Waals surface area (Å²) in [5.41, 5.74) is 0.672. The van der Waals surface area contributed by atoms with Crippen LogP contribution in [-0.4, -0.2) is 18.4 Å². The average Bonchev–Trinajstić information content (AvgIpc) is 2.36. The van der Waals surface area contributed by atoms with Gasteiger partial charge in [0.05, 0.1) is 6.61 Å². The van der Waals surface area contributed by atoms with Gasteiger partial charge < -0.3 is 4.74 Å². The molecular weight excluding hydrogens is 216 g/mol. The second-order valence-corrected chi connectivity index (χ2v) is 3.31. The summed E-state index contributed by atoms with van der Waals surface area (Å²) in [6.07, 6.45) is 0.683. The molecule has 0 aliphatic carbocycles. The molecule has 0 fully saturated rings. The van der Waals surface area contributed by atoms with E-state index in [9.17, 15) is 9.59 Å². The van der Waals surface area contributed by atoms with Crippen LogP contribution in [0.15, 0.2) is 30.3 Å². The van der Waals surface area contributed by atoms with Gasteiger partial charge in [-0.05, 0) is 6.92 Å². The molecule has 1 aromatic rings. The Morgan fingerprint density at radius 1 is 1.24 bits per heavy atom. The van der Waals surface area contributed by atoms with Crippen LogP contribution in [0.4, 0.5) is 0 Å². The standard InChI is InChI=1S/C14H14O3/c1-2-17-14(16)11-7-6-10-13(15)12-8-4-3-5-9-12/h3-5,8-9H,2,6,10H2,1H3. The highest BCUT2D eigenvalue weighted by Crippen LogP contribution is 2.04. The molecule has 0 heterocycles. The fourth-order valence-corrected chi connectivity index (χ4v) is 1.25. The van der Waals surface area contributed by atoms with Crippen molar-refractivity contribution in [2.24, 2.45) is 0 Å². The van der Waals surface area contributed by atoms with Gasteiger partial charge in [-0.25, -0.2) is 4.79 Å². The predicted octanol–water partition coefficient (Wildman–Crippen LogP) is 2.22. The van der Waals surface area contributed by atoms with Crippen LogP contribution in [0.2, 0.25) is 0 Å². The van der Waals surface area contributed by atoms with Crippen molar-refractivity contribution in [2.45, 2.75) is 19.8 Å². The first kappa shape index (κ1) is 13.0. The number of Topliss-reactive ketones (excluding diaryl/α,β-unsaturated/α-hetero) is 1. The molecule has 0 atom stereocenters. The van der Waals surface area contributed by atoms with Crippen LogP contribution in [0.25, 0.3) is 0 Å². The number of ketones is 1. The number of esters is 1. The Labute approximate surface area is 101 Å². The quantitative estimate of drug-likeness (QED) is 0.345. The van der Waals surface area contributed by atoms with E-state index in [1.54, 1.807) is 19.1 Å². The molecule has 3 heteroatoms. The Balaban J connectivity index is 2.37. The Morgan fingerprint density at radius 3 is 2.59 bits per heavy atom. The largest absolute Gasteiger partial charge is 0.456 e. The Hall–Kier alpha value is -2.08. The summed E-state index contributed by atoms with van der Waals surface area (Å²) < 4.78 is 4.64. The van der Waals surface area contributed by atoms with E-state index in [0.717, 1.165) is 0 Å². The number of rotatable bonds is 4. The number of hydrogen-bond donors (Lipinski definition) is 0. The van der Waals surface area contributed by atoms with Crippen molar-refractivity contribution in [2.75, 3.05) is 6.61 Å². The van der Waals surface area contributed by atoms with Crippen molar-refractivity contribution in [1.82, 2.24) is 0 Å². The zero-order chi connectivity index (χ0) is 12.5. The Kier molecular flexibility index (Phi) is 5.53. The highest BCUT2D eigenvalue weighted by Gasteiger charge is 2.02. The SMILES string of the molecule is CCOC(=O)C#CCCC(=O)c1ccccc1. The zero-order valence-electron chi connectivity index (χ0n) is 9.73. The molecule has 0 unspecified atom stereocenters. The average molecular weight is 230 g/mol. The van der Waals surface area contributed by atoms with Gasteiger partial charge in [0.15, 0.2) is 5.78 Å². The van der Waals surface area contributed by atoms with Crippen molar-refractivity contribution in [1.29, 1.82) is 0 Å². The van der Waals surface area contributed by atoms with Crippen molar-refractivity contribution >= 4 is 11.8 Å². The summed E-state index contributed by atoms with van der Waals surface area (Å²) in [4.78, 5) is 22.5. The van der Waals surface area contributed by atoms with Crippen LogP contribution < -0.4 is 0 Å². The van der Waals surface area contributed by atoms with E-state index in [1.807, 2.05) is 18.2 Å². The number of ether oxygens (including phenoxy) is 1. The highest BCUT2D eigenvalue weighted by atomic mass is 16.5. The van der Waals surface area contributed by atoms with Crippen LogP contribution in [-0.2, 0) is 9.53 Å². The third-order valence-corrected chi connectivity index (χ3v) is 2.04. The summed E-state index contributed by atoms with van der Waals surface area (Å²) in [5, 5.41) is 0. The minimum absolute atomic E-state index is 0.0313. The maximum atomic E-state index is 11.6. The third kappa shape index (κ3) is 4.98. The Bertz CT molecular complexity index is 438.